The van der Waals surface area contributed by atoms with Crippen LogP contribution >= 0.6 is 0 Å². The maximum atomic E-state index is 13.1. The van der Waals surface area contributed by atoms with Crippen molar-refractivity contribution < 1.29 is 4.39 Å². The van der Waals surface area contributed by atoms with Crippen LogP contribution in [0.1, 0.15) is 25.0 Å². The van der Waals surface area contributed by atoms with Gasteiger partial charge >= 0.3 is 0 Å². The molecule has 0 radical (unpaired) electrons. The van der Waals surface area contributed by atoms with Crippen molar-refractivity contribution in [1.29, 1.82) is 0 Å². The van der Waals surface area contributed by atoms with Gasteiger partial charge in [0.1, 0.15) is 5.82 Å². The van der Waals surface area contributed by atoms with Crippen molar-refractivity contribution in [3.05, 3.63) is 35.1 Å². The highest BCUT2D eigenvalue weighted by Crippen LogP contribution is 2.08. The molecule has 96 valence electrons. The van der Waals surface area contributed by atoms with E-state index in [1.807, 2.05) is 12.1 Å². The van der Waals surface area contributed by atoms with Crippen molar-refractivity contribution in [3.63, 3.8) is 0 Å². The zero-order chi connectivity index (χ0) is 12.7. The van der Waals surface area contributed by atoms with E-state index < -0.39 is 0 Å². The van der Waals surface area contributed by atoms with Crippen LogP contribution in [0.3, 0.4) is 0 Å². The van der Waals surface area contributed by atoms with E-state index in [-0.39, 0.29) is 5.82 Å². The summed E-state index contributed by atoms with van der Waals surface area (Å²) in [5.41, 5.74) is 1.86. The number of halogens is 1. The molecular weight excluding hydrogens is 215 g/mol. The third-order valence-electron chi connectivity index (χ3n) is 3.05. The second-order valence-corrected chi connectivity index (χ2v) is 4.29. The van der Waals surface area contributed by atoms with Gasteiger partial charge in [-0.2, -0.15) is 0 Å². The molecule has 0 amide bonds. The van der Waals surface area contributed by atoms with E-state index in [4.69, 9.17) is 0 Å². The number of likely N-dealkylation sites (N-methyl/N-ethyl adjacent to an activating group) is 1. The Balaban J connectivity index is 2.28. The molecule has 0 aliphatic rings. The molecule has 1 N–H and O–H groups in total. The Morgan fingerprint density at radius 3 is 2.53 bits per heavy atom. The SMILES string of the molecule is CCN(CC)CCNCc1ccc(F)c(C)c1. The summed E-state index contributed by atoms with van der Waals surface area (Å²) in [5, 5.41) is 3.38. The van der Waals surface area contributed by atoms with E-state index in [0.717, 1.165) is 38.3 Å². The predicted octanol–water partition coefficient (Wildman–Crippen LogP) is 2.57. The molecule has 3 heteroatoms. The third kappa shape index (κ3) is 4.84. The molecule has 0 aromatic heterocycles. The minimum atomic E-state index is -0.128. The fraction of sp³-hybridized carbons (Fsp3) is 0.571. The maximum Gasteiger partial charge on any atom is 0.126 e. The Kier molecular flexibility index (Phi) is 6.16. The molecule has 0 spiro atoms. The summed E-state index contributed by atoms with van der Waals surface area (Å²) in [6.45, 7) is 11.2. The molecule has 0 saturated carbocycles. The van der Waals surface area contributed by atoms with Gasteiger partial charge in [-0.15, -0.1) is 0 Å². The first kappa shape index (κ1) is 14.1. The quantitative estimate of drug-likeness (QED) is 0.734. The zero-order valence-corrected chi connectivity index (χ0v) is 11.1. The van der Waals surface area contributed by atoms with Gasteiger partial charge in [0.15, 0.2) is 0 Å². The second-order valence-electron chi connectivity index (χ2n) is 4.29. The Morgan fingerprint density at radius 1 is 1.24 bits per heavy atom. The first-order valence-electron chi connectivity index (χ1n) is 6.35. The minimum Gasteiger partial charge on any atom is -0.311 e. The Bertz CT molecular complexity index is 335. The Morgan fingerprint density at radius 2 is 1.94 bits per heavy atom. The first-order valence-corrected chi connectivity index (χ1v) is 6.35. The van der Waals surface area contributed by atoms with Crippen molar-refractivity contribution in [2.24, 2.45) is 0 Å². The molecule has 2 nitrogen and oxygen atoms in total. The van der Waals surface area contributed by atoms with E-state index in [0.29, 0.717) is 5.56 Å². The largest absolute Gasteiger partial charge is 0.311 e. The van der Waals surface area contributed by atoms with Crippen LogP contribution < -0.4 is 5.32 Å². The van der Waals surface area contributed by atoms with Crippen LogP contribution in [0.5, 0.6) is 0 Å². The van der Waals surface area contributed by atoms with Crippen LogP contribution in [0.4, 0.5) is 4.39 Å². The number of hydrogen-bond donors (Lipinski definition) is 1. The van der Waals surface area contributed by atoms with E-state index in [9.17, 15) is 4.39 Å². The molecule has 0 fully saturated rings. The third-order valence-corrected chi connectivity index (χ3v) is 3.05. The molecule has 0 aliphatic heterocycles. The number of nitrogens with zero attached hydrogens (tertiary/aromatic N) is 1. The summed E-state index contributed by atoms with van der Waals surface area (Å²) in [4.78, 5) is 2.38. The van der Waals surface area contributed by atoms with Crippen molar-refractivity contribution in [1.82, 2.24) is 10.2 Å². The highest BCUT2D eigenvalue weighted by molar-refractivity contribution is 5.23. The van der Waals surface area contributed by atoms with Crippen LogP contribution in [0.15, 0.2) is 18.2 Å². The van der Waals surface area contributed by atoms with Crippen molar-refractivity contribution in [2.75, 3.05) is 26.2 Å². The summed E-state index contributed by atoms with van der Waals surface area (Å²) < 4.78 is 13.1. The smallest absolute Gasteiger partial charge is 0.126 e. The van der Waals surface area contributed by atoms with Gasteiger partial charge in [-0.25, -0.2) is 4.39 Å². The minimum absolute atomic E-state index is 0.128. The van der Waals surface area contributed by atoms with Crippen LogP contribution in [0, 0.1) is 12.7 Å². The van der Waals surface area contributed by atoms with Gasteiger partial charge in [0.25, 0.3) is 0 Å². The topological polar surface area (TPSA) is 15.3 Å². The van der Waals surface area contributed by atoms with Gasteiger partial charge in [0.2, 0.25) is 0 Å². The van der Waals surface area contributed by atoms with E-state index in [2.05, 4.69) is 24.1 Å². The first-order chi connectivity index (χ1) is 8.17. The Hall–Kier alpha value is -0.930. The zero-order valence-electron chi connectivity index (χ0n) is 11.1. The molecule has 0 saturated heterocycles. The van der Waals surface area contributed by atoms with Crippen molar-refractivity contribution >= 4 is 0 Å². The highest BCUT2D eigenvalue weighted by atomic mass is 19.1. The average Bonchev–Trinajstić information content (AvgIpc) is 2.34. The average molecular weight is 238 g/mol. The van der Waals surface area contributed by atoms with Gasteiger partial charge < -0.3 is 10.2 Å². The molecule has 1 aromatic carbocycles. The highest BCUT2D eigenvalue weighted by Gasteiger charge is 2.00. The lowest BCUT2D eigenvalue weighted by Crippen LogP contribution is -2.31. The normalized spacial score (nSPS) is 11.1. The van der Waals surface area contributed by atoms with Crippen LogP contribution in [0.2, 0.25) is 0 Å². The molecule has 1 aromatic rings. The fourth-order valence-electron chi connectivity index (χ4n) is 1.83. The van der Waals surface area contributed by atoms with Gasteiger partial charge in [0.05, 0.1) is 0 Å². The standard InChI is InChI=1S/C14H23FN2/c1-4-17(5-2)9-8-16-11-13-6-7-14(15)12(3)10-13/h6-7,10,16H,4-5,8-9,11H2,1-3H3. The molecule has 17 heavy (non-hydrogen) atoms. The lowest BCUT2D eigenvalue weighted by Gasteiger charge is -2.18. The van der Waals surface area contributed by atoms with Crippen LogP contribution in [0.25, 0.3) is 0 Å². The lowest BCUT2D eigenvalue weighted by atomic mass is 10.1. The van der Waals surface area contributed by atoms with Crippen LogP contribution in [-0.2, 0) is 6.54 Å². The number of aryl methyl sites for hydroxylation is 1. The molecular formula is C14H23FN2. The molecule has 0 bridgehead atoms. The number of benzene rings is 1. The van der Waals surface area contributed by atoms with Gasteiger partial charge in [-0.3, -0.25) is 0 Å². The number of nitrogens with one attached hydrogen (secondary N) is 1. The summed E-state index contributed by atoms with van der Waals surface area (Å²) in [7, 11) is 0. The molecule has 1 rings (SSSR count). The Labute approximate surface area is 104 Å². The lowest BCUT2D eigenvalue weighted by molar-refractivity contribution is 0.302. The monoisotopic (exact) mass is 238 g/mol. The van der Waals surface area contributed by atoms with Crippen LogP contribution in [-0.4, -0.2) is 31.1 Å². The number of rotatable bonds is 7. The summed E-state index contributed by atoms with van der Waals surface area (Å²) in [6.07, 6.45) is 0. The van der Waals surface area contributed by atoms with Gasteiger partial charge in [0, 0.05) is 19.6 Å². The molecule has 0 heterocycles. The van der Waals surface area contributed by atoms with Crippen molar-refractivity contribution in [2.45, 2.75) is 27.3 Å². The number of hydrogen-bond acceptors (Lipinski definition) is 2. The predicted molar refractivity (Wildman–Crippen MR) is 70.6 cm³/mol. The summed E-state index contributed by atoms with van der Waals surface area (Å²) in [6, 6.07) is 5.28. The molecule has 0 unspecified atom stereocenters. The van der Waals surface area contributed by atoms with Crippen molar-refractivity contribution in [3.8, 4) is 0 Å². The summed E-state index contributed by atoms with van der Waals surface area (Å²) >= 11 is 0. The van der Waals surface area contributed by atoms with Gasteiger partial charge in [-0.1, -0.05) is 26.0 Å². The van der Waals surface area contributed by atoms with E-state index in [1.165, 1.54) is 6.07 Å². The van der Waals surface area contributed by atoms with E-state index in [1.54, 1.807) is 6.92 Å². The fourth-order valence-corrected chi connectivity index (χ4v) is 1.83. The molecule has 0 aliphatic carbocycles. The molecule has 0 atom stereocenters. The maximum absolute atomic E-state index is 13.1. The summed E-state index contributed by atoms with van der Waals surface area (Å²) in [5.74, 6) is -0.128. The second kappa shape index (κ2) is 7.41. The van der Waals surface area contributed by atoms with E-state index >= 15 is 0 Å². The van der Waals surface area contributed by atoms with Gasteiger partial charge in [-0.05, 0) is 37.2 Å².